The van der Waals surface area contributed by atoms with Crippen LogP contribution in [0.5, 0.6) is 0 Å². The number of rotatable bonds is 1. The number of guanidine groups is 1. The first-order valence-electron chi connectivity index (χ1n) is 5.87. The molecule has 1 unspecified atom stereocenters. The minimum absolute atomic E-state index is 0.195. The number of nitrogens with one attached hydrogen (secondary N) is 2. The molecule has 0 saturated carbocycles. The van der Waals surface area contributed by atoms with Gasteiger partial charge in [-0.2, -0.15) is 0 Å². The van der Waals surface area contributed by atoms with Gasteiger partial charge in [0.15, 0.2) is 12.0 Å². The van der Waals surface area contributed by atoms with Gasteiger partial charge in [-0.05, 0) is 38.5 Å². The second-order valence-corrected chi connectivity index (χ2v) is 5.45. The lowest BCUT2D eigenvalue weighted by Gasteiger charge is -2.21. The van der Waals surface area contributed by atoms with Gasteiger partial charge in [0.25, 0.3) is 5.91 Å². The summed E-state index contributed by atoms with van der Waals surface area (Å²) in [5.74, 6) is -1.55. The van der Waals surface area contributed by atoms with Crippen molar-refractivity contribution in [3.63, 3.8) is 0 Å². The summed E-state index contributed by atoms with van der Waals surface area (Å²) in [5, 5.41) is 5.56. The predicted octanol–water partition coefficient (Wildman–Crippen LogP) is 1.88. The number of carbonyl (C=O) groups excluding carboxylic acids is 1. The lowest BCUT2D eigenvalue weighted by molar-refractivity contribution is -0.120. The summed E-state index contributed by atoms with van der Waals surface area (Å²) >= 11 is 0. The van der Waals surface area contributed by atoms with Gasteiger partial charge in [0.1, 0.15) is 11.6 Å². The summed E-state index contributed by atoms with van der Waals surface area (Å²) in [6, 6.07) is 2.05. The Bertz CT molecular complexity index is 529. The summed E-state index contributed by atoms with van der Waals surface area (Å²) in [4.78, 5) is 15.9. The third-order valence-corrected chi connectivity index (χ3v) is 2.44. The Hall–Kier alpha value is -1.98. The number of aliphatic imine (C=N–C) groups is 1. The van der Waals surface area contributed by atoms with Crippen LogP contribution in [0.1, 0.15) is 32.4 Å². The van der Waals surface area contributed by atoms with Gasteiger partial charge in [0, 0.05) is 11.6 Å². The Balaban J connectivity index is 2.27. The SMILES string of the molecule is CC(C)(C)NC1=NC(c2cc(F)cc(F)c2)C(=O)N1. The van der Waals surface area contributed by atoms with Crippen LogP contribution >= 0.6 is 0 Å². The maximum atomic E-state index is 13.1. The Labute approximate surface area is 109 Å². The molecule has 2 N–H and O–H groups in total. The summed E-state index contributed by atoms with van der Waals surface area (Å²) in [6.07, 6.45) is 0. The number of amides is 1. The van der Waals surface area contributed by atoms with E-state index in [2.05, 4.69) is 15.6 Å². The first-order valence-corrected chi connectivity index (χ1v) is 5.87. The molecule has 6 heteroatoms. The van der Waals surface area contributed by atoms with Crippen molar-refractivity contribution in [1.82, 2.24) is 10.6 Å². The Morgan fingerprint density at radius 3 is 2.32 bits per heavy atom. The standard InChI is InChI=1S/C13H15F2N3O/c1-13(2,3)18-12-16-10(11(19)17-12)7-4-8(14)6-9(15)5-7/h4-6,10H,1-3H3,(H2,16,17,18,19). The topological polar surface area (TPSA) is 53.5 Å². The molecule has 1 aromatic rings. The van der Waals surface area contributed by atoms with Crippen LogP contribution in [0.25, 0.3) is 0 Å². The van der Waals surface area contributed by atoms with E-state index in [4.69, 9.17) is 0 Å². The predicted molar refractivity (Wildman–Crippen MR) is 67.6 cm³/mol. The molecule has 19 heavy (non-hydrogen) atoms. The van der Waals surface area contributed by atoms with Crippen molar-refractivity contribution in [2.24, 2.45) is 4.99 Å². The lowest BCUT2D eigenvalue weighted by Crippen LogP contribution is -2.46. The number of hydrogen-bond acceptors (Lipinski definition) is 3. The van der Waals surface area contributed by atoms with Crippen LogP contribution in [-0.4, -0.2) is 17.4 Å². The van der Waals surface area contributed by atoms with Gasteiger partial charge in [0.2, 0.25) is 0 Å². The van der Waals surface area contributed by atoms with E-state index >= 15 is 0 Å². The van der Waals surface area contributed by atoms with Gasteiger partial charge in [0.05, 0.1) is 0 Å². The van der Waals surface area contributed by atoms with E-state index in [1.54, 1.807) is 0 Å². The maximum absolute atomic E-state index is 13.1. The highest BCUT2D eigenvalue weighted by Gasteiger charge is 2.30. The summed E-state index contributed by atoms with van der Waals surface area (Å²) in [6.45, 7) is 5.74. The van der Waals surface area contributed by atoms with Crippen LogP contribution in [0.2, 0.25) is 0 Å². The van der Waals surface area contributed by atoms with Crippen LogP contribution in [0.3, 0.4) is 0 Å². The zero-order valence-electron chi connectivity index (χ0n) is 10.9. The first kappa shape index (κ1) is 13.5. The van der Waals surface area contributed by atoms with Gasteiger partial charge >= 0.3 is 0 Å². The molecule has 1 atom stereocenters. The van der Waals surface area contributed by atoms with Crippen molar-refractivity contribution in [2.45, 2.75) is 32.4 Å². The highest BCUT2D eigenvalue weighted by atomic mass is 19.1. The van der Waals surface area contributed by atoms with Gasteiger partial charge < -0.3 is 5.32 Å². The van der Waals surface area contributed by atoms with Crippen molar-refractivity contribution in [3.8, 4) is 0 Å². The molecule has 0 fully saturated rings. The second-order valence-electron chi connectivity index (χ2n) is 5.45. The number of benzene rings is 1. The molecule has 0 aliphatic carbocycles. The molecular formula is C13H15F2N3O. The summed E-state index contributed by atoms with van der Waals surface area (Å²) < 4.78 is 26.3. The van der Waals surface area contributed by atoms with E-state index in [9.17, 15) is 13.6 Å². The Morgan fingerprint density at radius 1 is 1.21 bits per heavy atom. The van der Waals surface area contributed by atoms with Gasteiger partial charge in [-0.1, -0.05) is 0 Å². The molecule has 1 heterocycles. The van der Waals surface area contributed by atoms with E-state index in [0.717, 1.165) is 18.2 Å². The number of halogens is 2. The molecule has 4 nitrogen and oxygen atoms in total. The Kier molecular flexibility index (Phi) is 3.26. The largest absolute Gasteiger partial charge is 0.351 e. The van der Waals surface area contributed by atoms with Gasteiger partial charge in [-0.3, -0.25) is 10.1 Å². The van der Waals surface area contributed by atoms with E-state index in [1.807, 2.05) is 20.8 Å². The van der Waals surface area contributed by atoms with Crippen LogP contribution in [-0.2, 0) is 4.79 Å². The zero-order chi connectivity index (χ0) is 14.2. The quantitative estimate of drug-likeness (QED) is 0.816. The normalized spacial score (nSPS) is 19.1. The molecule has 1 aliphatic rings. The minimum Gasteiger partial charge on any atom is -0.351 e. The van der Waals surface area contributed by atoms with Crippen molar-refractivity contribution in [2.75, 3.05) is 0 Å². The maximum Gasteiger partial charge on any atom is 0.256 e. The molecule has 0 radical (unpaired) electrons. The van der Waals surface area contributed by atoms with E-state index < -0.39 is 23.6 Å². The zero-order valence-corrected chi connectivity index (χ0v) is 10.9. The molecule has 2 rings (SSSR count). The van der Waals surface area contributed by atoms with Crippen LogP contribution in [0, 0.1) is 11.6 Å². The highest BCUT2D eigenvalue weighted by Crippen LogP contribution is 2.23. The fraction of sp³-hybridized carbons (Fsp3) is 0.385. The lowest BCUT2D eigenvalue weighted by atomic mass is 10.1. The van der Waals surface area contributed by atoms with Crippen LogP contribution < -0.4 is 10.6 Å². The molecule has 0 aromatic heterocycles. The van der Waals surface area contributed by atoms with Crippen molar-refractivity contribution in [3.05, 3.63) is 35.4 Å². The number of hydrogen-bond donors (Lipinski definition) is 2. The second kappa shape index (κ2) is 4.60. The fourth-order valence-electron chi connectivity index (χ4n) is 1.78. The molecule has 1 aliphatic heterocycles. The van der Waals surface area contributed by atoms with Crippen LogP contribution in [0.4, 0.5) is 8.78 Å². The minimum atomic E-state index is -0.921. The third-order valence-electron chi connectivity index (χ3n) is 2.44. The average Bonchev–Trinajstić information content (AvgIpc) is 2.54. The monoisotopic (exact) mass is 267 g/mol. The smallest absolute Gasteiger partial charge is 0.256 e. The molecule has 102 valence electrons. The van der Waals surface area contributed by atoms with Gasteiger partial charge in [-0.15, -0.1) is 0 Å². The van der Waals surface area contributed by atoms with E-state index in [1.165, 1.54) is 0 Å². The Morgan fingerprint density at radius 2 is 1.79 bits per heavy atom. The number of nitrogens with zero attached hydrogens (tertiary/aromatic N) is 1. The van der Waals surface area contributed by atoms with Crippen molar-refractivity contribution in [1.29, 1.82) is 0 Å². The first-order chi connectivity index (χ1) is 8.74. The molecule has 1 amide bonds. The fourth-order valence-corrected chi connectivity index (χ4v) is 1.78. The summed E-state index contributed by atoms with van der Waals surface area (Å²) in [7, 11) is 0. The van der Waals surface area contributed by atoms with E-state index in [0.29, 0.717) is 5.96 Å². The van der Waals surface area contributed by atoms with E-state index in [-0.39, 0.29) is 11.1 Å². The summed E-state index contributed by atoms with van der Waals surface area (Å²) in [5.41, 5.74) is -0.0746. The molecule has 0 saturated heterocycles. The third kappa shape index (κ3) is 3.27. The average molecular weight is 267 g/mol. The molecule has 1 aromatic carbocycles. The molecule has 0 bridgehead atoms. The van der Waals surface area contributed by atoms with Gasteiger partial charge in [-0.25, -0.2) is 13.8 Å². The van der Waals surface area contributed by atoms with Crippen LogP contribution in [0.15, 0.2) is 23.2 Å². The van der Waals surface area contributed by atoms with Crippen molar-refractivity contribution >= 4 is 11.9 Å². The molecule has 0 spiro atoms. The highest BCUT2D eigenvalue weighted by molar-refractivity contribution is 6.05. The molecular weight excluding hydrogens is 252 g/mol. The van der Waals surface area contributed by atoms with Crippen molar-refractivity contribution < 1.29 is 13.6 Å². The number of carbonyl (C=O) groups is 1.